The number of benzene rings is 1. The highest BCUT2D eigenvalue weighted by Gasteiger charge is 2.27. The molecule has 3 aromatic heterocycles. The molecule has 168 valence electrons. The van der Waals surface area contributed by atoms with Gasteiger partial charge in [0.2, 0.25) is 5.95 Å². The Bertz CT molecular complexity index is 1360. The molecule has 0 amide bonds. The van der Waals surface area contributed by atoms with E-state index >= 15 is 0 Å². The van der Waals surface area contributed by atoms with Crippen molar-refractivity contribution in [2.45, 2.75) is 32.0 Å². The number of nitrogens with one attached hydrogen (secondary N) is 1. The number of rotatable bonds is 5. The molecule has 32 heavy (non-hydrogen) atoms. The highest BCUT2D eigenvalue weighted by Crippen LogP contribution is 2.29. The third kappa shape index (κ3) is 3.72. The van der Waals surface area contributed by atoms with Gasteiger partial charge in [-0.15, -0.1) is 0 Å². The minimum atomic E-state index is -0.458. The van der Waals surface area contributed by atoms with Crippen molar-refractivity contribution in [3.05, 3.63) is 45.1 Å². The summed E-state index contributed by atoms with van der Waals surface area (Å²) in [5.41, 5.74) is 1.54. The Morgan fingerprint density at radius 2 is 1.91 bits per heavy atom. The molecule has 2 atom stereocenters. The summed E-state index contributed by atoms with van der Waals surface area (Å²) in [6.45, 7) is 6.76. The molecule has 1 aromatic carbocycles. The van der Waals surface area contributed by atoms with Gasteiger partial charge in [-0.05, 0) is 30.4 Å². The fraction of sp³-hybridized carbons (Fsp3) is 0.455. The Labute approximate surface area is 188 Å². The number of anilines is 1. The Morgan fingerprint density at radius 1 is 1.16 bits per heavy atom. The molecule has 10 heteroatoms. The van der Waals surface area contributed by atoms with E-state index in [4.69, 9.17) is 9.40 Å². The first-order chi connectivity index (χ1) is 15.4. The van der Waals surface area contributed by atoms with Gasteiger partial charge < -0.3 is 13.9 Å². The zero-order chi connectivity index (χ0) is 22.4. The molecule has 1 aliphatic rings. The van der Waals surface area contributed by atoms with Crippen molar-refractivity contribution in [1.29, 1.82) is 0 Å². The van der Waals surface area contributed by atoms with E-state index in [-0.39, 0.29) is 0 Å². The van der Waals surface area contributed by atoms with Crippen molar-refractivity contribution in [3.63, 3.8) is 0 Å². The van der Waals surface area contributed by atoms with E-state index in [1.807, 2.05) is 28.8 Å². The summed E-state index contributed by atoms with van der Waals surface area (Å²) < 4.78 is 9.15. The number of oxazole rings is 1. The van der Waals surface area contributed by atoms with Gasteiger partial charge >= 0.3 is 5.69 Å². The molecule has 1 N–H and O–H groups in total. The summed E-state index contributed by atoms with van der Waals surface area (Å²) in [7, 11) is 1.64. The molecular formula is C22H26N6O3S. The molecular weight excluding hydrogens is 428 g/mol. The van der Waals surface area contributed by atoms with Gasteiger partial charge in [-0.1, -0.05) is 37.7 Å². The van der Waals surface area contributed by atoms with Gasteiger partial charge in [-0.3, -0.25) is 14.3 Å². The standard InChI is InChI=1S/C22H26N6O3S/c1-13-10-14(2)12-27(11-13)20-24-18-17(19(29)25-21(30)26(18)3)28(20)8-9-32-22-23-15-6-4-5-7-16(15)31-22/h4-7,13-14H,8-12H2,1-3H3,(H,25,29,30). The summed E-state index contributed by atoms with van der Waals surface area (Å²) in [6.07, 6.45) is 1.17. The monoisotopic (exact) mass is 454 g/mol. The van der Waals surface area contributed by atoms with Crippen LogP contribution in [0, 0.1) is 11.8 Å². The van der Waals surface area contributed by atoms with Crippen LogP contribution in [0.4, 0.5) is 5.95 Å². The second-order valence-corrected chi connectivity index (χ2v) is 9.75. The van der Waals surface area contributed by atoms with Crippen LogP contribution in [0.1, 0.15) is 20.3 Å². The summed E-state index contributed by atoms with van der Waals surface area (Å²) in [5, 5.41) is 0.596. The number of para-hydroxylation sites is 2. The highest BCUT2D eigenvalue weighted by atomic mass is 32.2. The van der Waals surface area contributed by atoms with Crippen LogP contribution in [0.5, 0.6) is 0 Å². The topological polar surface area (TPSA) is 102 Å². The van der Waals surface area contributed by atoms with Crippen LogP contribution in [-0.4, -0.2) is 42.9 Å². The molecule has 0 saturated carbocycles. The van der Waals surface area contributed by atoms with Crippen molar-refractivity contribution in [3.8, 4) is 0 Å². The molecule has 0 radical (unpaired) electrons. The normalized spacial score (nSPS) is 19.3. The lowest BCUT2D eigenvalue weighted by atomic mass is 9.92. The lowest BCUT2D eigenvalue weighted by Gasteiger charge is -2.35. The molecule has 4 aromatic rings. The van der Waals surface area contributed by atoms with Crippen molar-refractivity contribution >= 4 is 40.0 Å². The summed E-state index contributed by atoms with van der Waals surface area (Å²) in [6, 6.07) is 7.67. The van der Waals surface area contributed by atoms with Crippen molar-refractivity contribution in [2.75, 3.05) is 23.7 Å². The fourth-order valence-electron chi connectivity index (χ4n) is 4.64. The molecule has 1 fully saturated rings. The Hall–Kier alpha value is -3.01. The van der Waals surface area contributed by atoms with Crippen molar-refractivity contribution in [1.82, 2.24) is 24.1 Å². The van der Waals surface area contributed by atoms with Crippen molar-refractivity contribution < 1.29 is 4.42 Å². The maximum Gasteiger partial charge on any atom is 0.329 e. The minimum absolute atomic E-state index is 0.409. The number of aromatic amines is 1. The summed E-state index contributed by atoms with van der Waals surface area (Å²) >= 11 is 1.50. The Kier molecular flexibility index (Phi) is 5.32. The number of H-pyrrole nitrogens is 1. The quantitative estimate of drug-likeness (QED) is 0.463. The molecule has 1 aliphatic heterocycles. The first-order valence-electron chi connectivity index (χ1n) is 10.8. The number of hydrogen-bond donors (Lipinski definition) is 1. The molecule has 4 heterocycles. The van der Waals surface area contributed by atoms with Crippen LogP contribution >= 0.6 is 11.8 Å². The molecule has 0 aliphatic carbocycles. The number of piperidine rings is 1. The van der Waals surface area contributed by atoms with Gasteiger partial charge in [-0.25, -0.2) is 9.78 Å². The van der Waals surface area contributed by atoms with Crippen LogP contribution in [0.3, 0.4) is 0 Å². The van der Waals surface area contributed by atoms with E-state index in [1.54, 1.807) is 7.05 Å². The van der Waals surface area contributed by atoms with E-state index in [0.29, 0.717) is 40.5 Å². The lowest BCUT2D eigenvalue weighted by Crippen LogP contribution is -2.40. The maximum absolute atomic E-state index is 12.8. The minimum Gasteiger partial charge on any atom is -0.431 e. The van der Waals surface area contributed by atoms with Gasteiger partial charge in [0, 0.05) is 32.4 Å². The lowest BCUT2D eigenvalue weighted by molar-refractivity contribution is 0.352. The number of thioether (sulfide) groups is 1. The largest absolute Gasteiger partial charge is 0.431 e. The Morgan fingerprint density at radius 3 is 2.66 bits per heavy atom. The first-order valence-corrected chi connectivity index (χ1v) is 11.8. The molecule has 0 bridgehead atoms. The SMILES string of the molecule is CC1CC(C)CN(c2nc3c(c(=O)[nH]c(=O)n3C)n2CCSc2nc3ccccc3o2)C1. The van der Waals surface area contributed by atoms with E-state index in [0.717, 1.165) is 30.1 Å². The number of imidazole rings is 1. The second-order valence-electron chi connectivity index (χ2n) is 8.70. The van der Waals surface area contributed by atoms with E-state index < -0.39 is 11.2 Å². The number of aryl methyl sites for hydroxylation is 2. The van der Waals surface area contributed by atoms with E-state index in [1.165, 1.54) is 22.7 Å². The van der Waals surface area contributed by atoms with Gasteiger partial charge in [0.15, 0.2) is 16.7 Å². The Balaban J connectivity index is 1.50. The average molecular weight is 455 g/mol. The third-order valence-electron chi connectivity index (χ3n) is 5.95. The van der Waals surface area contributed by atoms with Crippen LogP contribution in [-0.2, 0) is 13.6 Å². The fourth-order valence-corrected chi connectivity index (χ4v) is 5.40. The number of nitrogens with zero attached hydrogens (tertiary/aromatic N) is 5. The van der Waals surface area contributed by atoms with E-state index in [9.17, 15) is 9.59 Å². The zero-order valence-corrected chi connectivity index (χ0v) is 19.2. The smallest absolute Gasteiger partial charge is 0.329 e. The number of fused-ring (bicyclic) bond motifs is 2. The number of aromatic nitrogens is 5. The molecule has 1 saturated heterocycles. The van der Waals surface area contributed by atoms with Gasteiger partial charge in [0.25, 0.3) is 10.8 Å². The first kappa shape index (κ1) is 20.9. The van der Waals surface area contributed by atoms with Crippen LogP contribution < -0.4 is 16.1 Å². The summed E-state index contributed by atoms with van der Waals surface area (Å²) in [5.74, 6) is 2.45. The molecule has 9 nitrogen and oxygen atoms in total. The van der Waals surface area contributed by atoms with Crippen LogP contribution in [0.25, 0.3) is 22.3 Å². The number of hydrogen-bond acceptors (Lipinski definition) is 7. The summed E-state index contributed by atoms with van der Waals surface area (Å²) in [4.78, 5) is 38.9. The molecule has 2 unspecified atom stereocenters. The predicted molar refractivity (Wildman–Crippen MR) is 125 cm³/mol. The van der Waals surface area contributed by atoms with E-state index in [2.05, 4.69) is 28.7 Å². The van der Waals surface area contributed by atoms with Crippen LogP contribution in [0.15, 0.2) is 43.5 Å². The van der Waals surface area contributed by atoms with Gasteiger partial charge in [0.05, 0.1) is 0 Å². The van der Waals surface area contributed by atoms with Crippen molar-refractivity contribution in [2.24, 2.45) is 18.9 Å². The highest BCUT2D eigenvalue weighted by molar-refractivity contribution is 7.99. The second kappa shape index (κ2) is 8.16. The van der Waals surface area contributed by atoms with Gasteiger partial charge in [0.1, 0.15) is 5.52 Å². The van der Waals surface area contributed by atoms with Gasteiger partial charge in [-0.2, -0.15) is 4.98 Å². The zero-order valence-electron chi connectivity index (χ0n) is 18.4. The maximum atomic E-state index is 12.8. The van der Waals surface area contributed by atoms with Crippen LogP contribution in [0.2, 0.25) is 0 Å². The average Bonchev–Trinajstić information content (AvgIpc) is 3.33. The predicted octanol–water partition coefficient (Wildman–Crippen LogP) is 2.84. The third-order valence-corrected chi connectivity index (χ3v) is 6.76. The molecule has 0 spiro atoms. The molecule has 5 rings (SSSR count).